The van der Waals surface area contributed by atoms with E-state index in [1.807, 2.05) is 44.2 Å². The van der Waals surface area contributed by atoms with Crippen LogP contribution in [0.15, 0.2) is 40.6 Å². The number of para-hydroxylation sites is 1. The summed E-state index contributed by atoms with van der Waals surface area (Å²) in [5.74, 6) is 0.891. The summed E-state index contributed by atoms with van der Waals surface area (Å²) in [5.41, 5.74) is -0.427. The summed E-state index contributed by atoms with van der Waals surface area (Å²) in [4.78, 5) is 0. The molecule has 0 unspecified atom stereocenters. The van der Waals surface area contributed by atoms with E-state index in [0.29, 0.717) is 0 Å². The van der Waals surface area contributed by atoms with Crippen LogP contribution in [0.3, 0.4) is 0 Å². The first-order valence-corrected chi connectivity index (χ1v) is 6.86. The average molecular weight is 246 g/mol. The van der Waals surface area contributed by atoms with Crippen LogP contribution in [0.4, 0.5) is 0 Å². The zero-order chi connectivity index (χ0) is 12.8. The van der Waals surface area contributed by atoms with Crippen LogP contribution in [0.5, 0.6) is 5.75 Å². The molecule has 3 nitrogen and oxygen atoms in total. The smallest absolute Gasteiger partial charge is 0.218 e. The molecule has 98 valence electrons. The molecule has 0 heterocycles. The number of nitrogens with zero attached hydrogens (tertiary/aromatic N) is 2. The van der Waals surface area contributed by atoms with Crippen molar-refractivity contribution < 1.29 is 4.74 Å². The molecule has 0 aliphatic heterocycles. The molecule has 0 radical (unpaired) electrons. The maximum atomic E-state index is 6.13. The van der Waals surface area contributed by atoms with Crippen molar-refractivity contribution in [2.24, 2.45) is 10.2 Å². The number of benzene rings is 1. The van der Waals surface area contributed by atoms with Crippen LogP contribution in [0.1, 0.15) is 46.0 Å². The van der Waals surface area contributed by atoms with Gasteiger partial charge in [-0.2, -0.15) is 5.11 Å². The molecule has 2 rings (SSSR count). The minimum Gasteiger partial charge on any atom is -0.465 e. The van der Waals surface area contributed by atoms with Crippen LogP contribution in [0.25, 0.3) is 0 Å². The van der Waals surface area contributed by atoms with Crippen molar-refractivity contribution in [1.82, 2.24) is 0 Å². The topological polar surface area (TPSA) is 34.0 Å². The number of rotatable bonds is 4. The van der Waals surface area contributed by atoms with Crippen LogP contribution in [0.2, 0.25) is 0 Å². The Bertz CT molecular complexity index is 381. The van der Waals surface area contributed by atoms with Crippen LogP contribution >= 0.6 is 0 Å². The van der Waals surface area contributed by atoms with Gasteiger partial charge in [-0.15, -0.1) is 5.11 Å². The maximum Gasteiger partial charge on any atom is 0.218 e. The van der Waals surface area contributed by atoms with E-state index in [9.17, 15) is 0 Å². The Morgan fingerprint density at radius 2 is 1.72 bits per heavy atom. The molecule has 0 atom stereocenters. The average Bonchev–Trinajstić information content (AvgIpc) is 2.39. The van der Waals surface area contributed by atoms with Gasteiger partial charge in [0.2, 0.25) is 5.72 Å². The van der Waals surface area contributed by atoms with Gasteiger partial charge < -0.3 is 4.74 Å². The highest BCUT2D eigenvalue weighted by molar-refractivity contribution is 5.22. The summed E-state index contributed by atoms with van der Waals surface area (Å²) in [6.07, 6.45) is 5.56. The van der Waals surface area contributed by atoms with E-state index < -0.39 is 5.72 Å². The Morgan fingerprint density at radius 3 is 2.33 bits per heavy atom. The fourth-order valence-corrected chi connectivity index (χ4v) is 2.26. The van der Waals surface area contributed by atoms with Gasteiger partial charge in [0, 0.05) is 12.8 Å². The minimum absolute atomic E-state index is 0.225. The molecular weight excluding hydrogens is 224 g/mol. The van der Waals surface area contributed by atoms with Crippen molar-refractivity contribution in [1.29, 1.82) is 0 Å². The Morgan fingerprint density at radius 1 is 1.06 bits per heavy atom. The third-order valence-electron chi connectivity index (χ3n) is 3.16. The Kier molecular flexibility index (Phi) is 4.34. The molecule has 1 aliphatic carbocycles. The Hall–Kier alpha value is -1.38. The molecule has 0 aromatic heterocycles. The fourth-order valence-electron chi connectivity index (χ4n) is 2.26. The number of hydrogen-bond acceptors (Lipinski definition) is 3. The first kappa shape index (κ1) is 13.1. The summed E-state index contributed by atoms with van der Waals surface area (Å²) in [6.45, 7) is 4.09. The normalized spacial score (nSPS) is 19.3. The number of hydrogen-bond donors (Lipinski definition) is 0. The highest BCUT2D eigenvalue weighted by atomic mass is 16.5. The van der Waals surface area contributed by atoms with Gasteiger partial charge in [-0.05, 0) is 38.8 Å². The second-order valence-corrected chi connectivity index (χ2v) is 5.23. The molecular formula is C15H22N2O. The summed E-state index contributed by atoms with van der Waals surface area (Å²) in [7, 11) is 0. The highest BCUT2D eigenvalue weighted by Crippen LogP contribution is 2.34. The SMILES string of the molecule is CC(C)N=NC1(Oc2ccccc2)CCCCC1. The zero-order valence-corrected chi connectivity index (χ0v) is 11.3. The van der Waals surface area contributed by atoms with Crippen LogP contribution in [-0.4, -0.2) is 11.8 Å². The van der Waals surface area contributed by atoms with Gasteiger partial charge in [-0.1, -0.05) is 24.6 Å². The molecule has 1 aromatic rings. The van der Waals surface area contributed by atoms with E-state index in [1.54, 1.807) is 0 Å². The molecule has 0 saturated heterocycles. The van der Waals surface area contributed by atoms with Gasteiger partial charge in [-0.3, -0.25) is 0 Å². The van der Waals surface area contributed by atoms with E-state index >= 15 is 0 Å². The second-order valence-electron chi connectivity index (χ2n) is 5.23. The van der Waals surface area contributed by atoms with Crippen molar-refractivity contribution >= 4 is 0 Å². The van der Waals surface area contributed by atoms with Gasteiger partial charge in [0.05, 0.1) is 6.04 Å². The molecule has 1 aliphatic rings. The summed E-state index contributed by atoms with van der Waals surface area (Å²) >= 11 is 0. The number of ether oxygens (including phenoxy) is 1. The zero-order valence-electron chi connectivity index (χ0n) is 11.3. The quantitative estimate of drug-likeness (QED) is 0.715. The van der Waals surface area contributed by atoms with Gasteiger partial charge >= 0.3 is 0 Å². The maximum absolute atomic E-state index is 6.13. The second kappa shape index (κ2) is 5.98. The number of azo groups is 1. The third-order valence-corrected chi connectivity index (χ3v) is 3.16. The molecule has 3 heteroatoms. The molecule has 1 fully saturated rings. The minimum atomic E-state index is -0.427. The predicted molar refractivity (Wildman–Crippen MR) is 72.9 cm³/mol. The first-order valence-electron chi connectivity index (χ1n) is 6.86. The van der Waals surface area contributed by atoms with Crippen molar-refractivity contribution in [2.75, 3.05) is 0 Å². The standard InChI is InChI=1S/C15H22N2O/c1-13(2)16-17-15(11-7-4-8-12-15)18-14-9-5-3-6-10-14/h3,5-6,9-10,13H,4,7-8,11-12H2,1-2H3. The highest BCUT2D eigenvalue weighted by Gasteiger charge is 2.34. The molecule has 1 saturated carbocycles. The fraction of sp³-hybridized carbons (Fsp3) is 0.600. The summed E-state index contributed by atoms with van der Waals surface area (Å²) < 4.78 is 6.13. The van der Waals surface area contributed by atoms with Gasteiger partial charge in [0.1, 0.15) is 5.75 Å². The van der Waals surface area contributed by atoms with Crippen LogP contribution in [0, 0.1) is 0 Å². The van der Waals surface area contributed by atoms with Crippen molar-refractivity contribution in [3.63, 3.8) is 0 Å². The lowest BCUT2D eigenvalue weighted by Crippen LogP contribution is -2.36. The van der Waals surface area contributed by atoms with E-state index in [-0.39, 0.29) is 6.04 Å². The lowest BCUT2D eigenvalue weighted by Gasteiger charge is -2.33. The van der Waals surface area contributed by atoms with Crippen LogP contribution in [-0.2, 0) is 0 Å². The van der Waals surface area contributed by atoms with Gasteiger partial charge in [0.15, 0.2) is 0 Å². The molecule has 0 bridgehead atoms. The Labute approximate surface area is 109 Å². The first-order chi connectivity index (χ1) is 8.70. The lowest BCUT2D eigenvalue weighted by atomic mass is 9.92. The monoisotopic (exact) mass is 246 g/mol. The summed E-state index contributed by atoms with van der Waals surface area (Å²) in [6, 6.07) is 10.2. The van der Waals surface area contributed by atoms with Crippen LogP contribution < -0.4 is 4.74 Å². The molecule has 0 N–H and O–H groups in total. The third kappa shape index (κ3) is 3.56. The molecule has 0 amide bonds. The van der Waals surface area contributed by atoms with E-state index in [0.717, 1.165) is 18.6 Å². The van der Waals surface area contributed by atoms with Gasteiger partial charge in [0.25, 0.3) is 0 Å². The Balaban J connectivity index is 2.14. The van der Waals surface area contributed by atoms with Crippen molar-refractivity contribution in [2.45, 2.75) is 57.7 Å². The van der Waals surface area contributed by atoms with Gasteiger partial charge in [-0.25, -0.2) is 0 Å². The van der Waals surface area contributed by atoms with E-state index in [4.69, 9.17) is 4.74 Å². The molecule has 18 heavy (non-hydrogen) atoms. The van der Waals surface area contributed by atoms with Crippen molar-refractivity contribution in [3.05, 3.63) is 30.3 Å². The lowest BCUT2D eigenvalue weighted by molar-refractivity contribution is 0.0304. The molecule has 0 spiro atoms. The van der Waals surface area contributed by atoms with Crippen molar-refractivity contribution in [3.8, 4) is 5.75 Å². The molecule has 1 aromatic carbocycles. The predicted octanol–water partition coefficient (Wildman–Crippen LogP) is 4.59. The van der Waals surface area contributed by atoms with E-state index in [1.165, 1.54) is 19.3 Å². The summed E-state index contributed by atoms with van der Waals surface area (Å²) in [5, 5.41) is 8.83. The largest absolute Gasteiger partial charge is 0.465 e. The van der Waals surface area contributed by atoms with E-state index in [2.05, 4.69) is 10.2 Å².